The minimum atomic E-state index is 0.436. The van der Waals surface area contributed by atoms with E-state index in [-0.39, 0.29) is 0 Å². The van der Waals surface area contributed by atoms with Crippen LogP contribution in [0.2, 0.25) is 0 Å². The first-order chi connectivity index (χ1) is 7.72. The largest absolute Gasteiger partial charge is 0.380 e. The van der Waals surface area contributed by atoms with Crippen molar-refractivity contribution in [1.82, 2.24) is 4.90 Å². The number of nitrogens with two attached hydrogens (primary N) is 1. The maximum absolute atomic E-state index is 6.13. The molecule has 3 heteroatoms. The Hall–Kier alpha value is -0.120. The van der Waals surface area contributed by atoms with Crippen molar-refractivity contribution in [2.45, 2.75) is 70.1 Å². The van der Waals surface area contributed by atoms with Crippen LogP contribution in [0.15, 0.2) is 0 Å². The molecule has 0 aromatic heterocycles. The van der Waals surface area contributed by atoms with E-state index in [9.17, 15) is 0 Å². The zero-order valence-corrected chi connectivity index (χ0v) is 10.7. The number of rotatable bonds is 4. The van der Waals surface area contributed by atoms with E-state index in [0.29, 0.717) is 12.1 Å². The van der Waals surface area contributed by atoms with Gasteiger partial charge in [-0.3, -0.25) is 4.90 Å². The highest BCUT2D eigenvalue weighted by molar-refractivity contribution is 4.95. The molecule has 0 aromatic rings. The number of nitrogens with zero attached hydrogens (tertiary/aromatic N) is 1. The first kappa shape index (κ1) is 12.3. The molecule has 2 N–H and O–H groups in total. The number of hydrogen-bond acceptors (Lipinski definition) is 3. The van der Waals surface area contributed by atoms with E-state index < -0.39 is 0 Å². The molecule has 2 saturated heterocycles. The Bertz CT molecular complexity index is 208. The van der Waals surface area contributed by atoms with Crippen LogP contribution in [0.3, 0.4) is 0 Å². The molecule has 2 aliphatic rings. The molecule has 2 heterocycles. The Morgan fingerprint density at radius 1 is 1.31 bits per heavy atom. The van der Waals surface area contributed by atoms with Crippen molar-refractivity contribution >= 4 is 0 Å². The lowest BCUT2D eigenvalue weighted by molar-refractivity contribution is -0.0301. The van der Waals surface area contributed by atoms with Crippen molar-refractivity contribution in [2.24, 2.45) is 5.73 Å². The van der Waals surface area contributed by atoms with Gasteiger partial charge in [0.2, 0.25) is 0 Å². The molecule has 94 valence electrons. The lowest BCUT2D eigenvalue weighted by atomic mass is 9.81. The average Bonchev–Trinajstić information content (AvgIpc) is 2.24. The second-order valence-electron chi connectivity index (χ2n) is 5.43. The summed E-state index contributed by atoms with van der Waals surface area (Å²) >= 11 is 0. The van der Waals surface area contributed by atoms with E-state index >= 15 is 0 Å². The monoisotopic (exact) mass is 226 g/mol. The zero-order chi connectivity index (χ0) is 11.5. The SMILES string of the molecule is CCOCC(C)N1C2CCCC1CC(N)C2. The van der Waals surface area contributed by atoms with Crippen molar-refractivity contribution in [3.05, 3.63) is 0 Å². The highest BCUT2D eigenvalue weighted by Gasteiger charge is 2.39. The fourth-order valence-corrected chi connectivity index (χ4v) is 3.55. The van der Waals surface area contributed by atoms with Crippen molar-refractivity contribution < 1.29 is 4.74 Å². The first-order valence-corrected chi connectivity index (χ1v) is 6.83. The molecule has 0 radical (unpaired) electrons. The molecule has 0 aromatic carbocycles. The van der Waals surface area contributed by atoms with E-state index in [1.807, 2.05) is 0 Å². The Balaban J connectivity index is 1.97. The number of ether oxygens (including phenoxy) is 1. The summed E-state index contributed by atoms with van der Waals surface area (Å²) in [6, 6.07) is 2.43. The molecule has 0 saturated carbocycles. The van der Waals surface area contributed by atoms with Crippen LogP contribution in [-0.4, -0.2) is 42.3 Å². The second kappa shape index (κ2) is 5.48. The summed E-state index contributed by atoms with van der Waals surface area (Å²) in [5, 5.41) is 0. The Morgan fingerprint density at radius 2 is 1.94 bits per heavy atom. The van der Waals surface area contributed by atoms with E-state index in [1.54, 1.807) is 0 Å². The molecule has 2 bridgehead atoms. The van der Waals surface area contributed by atoms with Crippen molar-refractivity contribution in [3.63, 3.8) is 0 Å². The highest BCUT2D eigenvalue weighted by Crippen LogP contribution is 2.34. The Labute approximate surface area is 99.3 Å². The Morgan fingerprint density at radius 3 is 2.50 bits per heavy atom. The normalized spacial score (nSPS) is 37.3. The molecule has 2 fully saturated rings. The molecular weight excluding hydrogens is 200 g/mol. The summed E-state index contributed by atoms with van der Waals surface area (Å²) in [6.45, 7) is 6.07. The molecule has 0 spiro atoms. The maximum atomic E-state index is 6.13. The van der Waals surface area contributed by atoms with E-state index in [4.69, 9.17) is 10.5 Å². The van der Waals surface area contributed by atoms with E-state index in [1.165, 1.54) is 32.1 Å². The summed E-state index contributed by atoms with van der Waals surface area (Å²) in [5.74, 6) is 0. The summed E-state index contributed by atoms with van der Waals surface area (Å²) in [4.78, 5) is 2.70. The number of piperidine rings is 2. The molecule has 3 atom stereocenters. The van der Waals surface area contributed by atoms with Gasteiger partial charge < -0.3 is 10.5 Å². The van der Waals surface area contributed by atoms with Crippen LogP contribution < -0.4 is 5.73 Å². The predicted molar refractivity (Wildman–Crippen MR) is 66.4 cm³/mol. The van der Waals surface area contributed by atoms with E-state index in [0.717, 1.165) is 25.3 Å². The molecule has 0 amide bonds. The van der Waals surface area contributed by atoms with Gasteiger partial charge in [0.25, 0.3) is 0 Å². The smallest absolute Gasteiger partial charge is 0.0619 e. The predicted octanol–water partition coefficient (Wildman–Crippen LogP) is 1.76. The molecular formula is C13H26N2O. The van der Waals surface area contributed by atoms with Crippen molar-refractivity contribution in [3.8, 4) is 0 Å². The maximum Gasteiger partial charge on any atom is 0.0619 e. The van der Waals surface area contributed by atoms with Gasteiger partial charge >= 0.3 is 0 Å². The lowest BCUT2D eigenvalue weighted by Crippen LogP contribution is -2.59. The minimum Gasteiger partial charge on any atom is -0.380 e. The van der Waals surface area contributed by atoms with Crippen molar-refractivity contribution in [1.29, 1.82) is 0 Å². The van der Waals surface area contributed by atoms with Gasteiger partial charge in [-0.1, -0.05) is 6.42 Å². The fraction of sp³-hybridized carbons (Fsp3) is 1.00. The topological polar surface area (TPSA) is 38.5 Å². The fourth-order valence-electron chi connectivity index (χ4n) is 3.55. The minimum absolute atomic E-state index is 0.436. The van der Waals surface area contributed by atoms with Gasteiger partial charge in [0.05, 0.1) is 6.61 Å². The highest BCUT2D eigenvalue weighted by atomic mass is 16.5. The number of fused-ring (bicyclic) bond motifs is 2. The Kier molecular flexibility index (Phi) is 4.22. The van der Waals surface area contributed by atoms with Crippen molar-refractivity contribution in [2.75, 3.05) is 13.2 Å². The quantitative estimate of drug-likeness (QED) is 0.794. The van der Waals surface area contributed by atoms with Gasteiger partial charge in [-0.15, -0.1) is 0 Å². The molecule has 3 nitrogen and oxygen atoms in total. The number of hydrogen-bond donors (Lipinski definition) is 1. The average molecular weight is 226 g/mol. The third-order valence-electron chi connectivity index (χ3n) is 4.14. The molecule has 2 aliphatic heterocycles. The van der Waals surface area contributed by atoms with Crippen LogP contribution in [0, 0.1) is 0 Å². The zero-order valence-electron chi connectivity index (χ0n) is 10.7. The van der Waals surface area contributed by atoms with Crippen LogP contribution >= 0.6 is 0 Å². The van der Waals surface area contributed by atoms with E-state index in [2.05, 4.69) is 18.7 Å². The van der Waals surface area contributed by atoms with Gasteiger partial charge in [-0.25, -0.2) is 0 Å². The van der Waals surface area contributed by atoms with Gasteiger partial charge in [-0.2, -0.15) is 0 Å². The third-order valence-corrected chi connectivity index (χ3v) is 4.14. The summed E-state index contributed by atoms with van der Waals surface area (Å²) in [7, 11) is 0. The standard InChI is InChI=1S/C13H26N2O/c1-3-16-9-10(2)15-12-5-4-6-13(15)8-11(14)7-12/h10-13H,3-9,14H2,1-2H3. The van der Waals surface area contributed by atoms with Gasteiger partial charge in [0, 0.05) is 30.8 Å². The van der Waals surface area contributed by atoms with Gasteiger partial charge in [0.15, 0.2) is 0 Å². The summed E-state index contributed by atoms with van der Waals surface area (Å²) in [6.07, 6.45) is 6.43. The molecule has 3 unspecified atom stereocenters. The first-order valence-electron chi connectivity index (χ1n) is 6.83. The molecule has 2 rings (SSSR count). The summed E-state index contributed by atoms with van der Waals surface area (Å²) < 4.78 is 5.57. The van der Waals surface area contributed by atoms with Crippen LogP contribution in [-0.2, 0) is 4.74 Å². The molecule has 0 aliphatic carbocycles. The summed E-state index contributed by atoms with van der Waals surface area (Å²) in [5.41, 5.74) is 6.13. The lowest BCUT2D eigenvalue weighted by Gasteiger charge is -2.50. The van der Waals surface area contributed by atoms with Crippen LogP contribution in [0.5, 0.6) is 0 Å². The van der Waals surface area contributed by atoms with Gasteiger partial charge in [-0.05, 0) is 39.5 Å². The van der Waals surface area contributed by atoms with Crippen LogP contribution in [0.4, 0.5) is 0 Å². The van der Waals surface area contributed by atoms with Gasteiger partial charge in [0.1, 0.15) is 0 Å². The second-order valence-corrected chi connectivity index (χ2v) is 5.43. The third kappa shape index (κ3) is 2.58. The van der Waals surface area contributed by atoms with Crippen LogP contribution in [0.1, 0.15) is 46.0 Å². The van der Waals surface area contributed by atoms with Crippen LogP contribution in [0.25, 0.3) is 0 Å². The molecule has 16 heavy (non-hydrogen) atoms.